The zero-order valence-corrected chi connectivity index (χ0v) is 17.2. The van der Waals surface area contributed by atoms with E-state index in [1.165, 1.54) is 56.7 Å². The number of benzene rings is 2. The van der Waals surface area contributed by atoms with E-state index in [9.17, 15) is 16.8 Å². The number of anilines is 1. The van der Waals surface area contributed by atoms with Crippen molar-refractivity contribution >= 4 is 43.1 Å². The van der Waals surface area contributed by atoms with Crippen molar-refractivity contribution in [1.29, 1.82) is 0 Å². The van der Waals surface area contributed by atoms with Crippen LogP contribution in [0.2, 0.25) is 0 Å². The molecule has 0 aromatic heterocycles. The van der Waals surface area contributed by atoms with Crippen molar-refractivity contribution in [2.75, 3.05) is 19.5 Å². The summed E-state index contributed by atoms with van der Waals surface area (Å²) < 4.78 is 57.5. The number of hydrogen-bond donors (Lipinski definition) is 4. The normalized spacial score (nSPS) is 11.5. The quantitative estimate of drug-likeness (QED) is 0.353. The van der Waals surface area contributed by atoms with Crippen molar-refractivity contribution in [3.05, 3.63) is 42.5 Å². The van der Waals surface area contributed by atoms with Gasteiger partial charge in [-0.3, -0.25) is 5.43 Å². The number of rotatable bonds is 7. The standard InChI is InChI=1S/C15H18N4O6S3/c1-24-11-5-8-14(13(9-11)25-2)28(22,23)19-18-15(26)17-10-3-6-12(7-4-10)27(16,20)21/h3-9,19H,1-2H3,(H2,16,20,21)(H2,17,18,26). The summed E-state index contributed by atoms with van der Waals surface area (Å²) in [6.07, 6.45) is 0. The third-order valence-corrected chi connectivity index (χ3v) is 5.82. The maximum Gasteiger partial charge on any atom is 0.261 e. The van der Waals surface area contributed by atoms with Crippen LogP contribution in [-0.2, 0) is 20.0 Å². The highest BCUT2D eigenvalue weighted by Gasteiger charge is 2.20. The first kappa shape index (κ1) is 21.8. The Balaban J connectivity index is 2.05. The molecule has 2 aromatic carbocycles. The summed E-state index contributed by atoms with van der Waals surface area (Å²) in [6, 6.07) is 9.64. The van der Waals surface area contributed by atoms with Gasteiger partial charge in [0.1, 0.15) is 16.4 Å². The maximum absolute atomic E-state index is 12.5. The van der Waals surface area contributed by atoms with Gasteiger partial charge in [0.05, 0.1) is 19.1 Å². The summed E-state index contributed by atoms with van der Waals surface area (Å²) in [5.74, 6) is 0.523. The van der Waals surface area contributed by atoms with Crippen molar-refractivity contribution in [3.63, 3.8) is 0 Å². The lowest BCUT2D eigenvalue weighted by molar-refractivity contribution is 0.386. The summed E-state index contributed by atoms with van der Waals surface area (Å²) in [4.78, 5) is 1.94. The number of ether oxygens (including phenoxy) is 2. The molecule has 0 atom stereocenters. The van der Waals surface area contributed by atoms with Crippen LogP contribution >= 0.6 is 12.2 Å². The van der Waals surface area contributed by atoms with Crippen molar-refractivity contribution < 1.29 is 26.3 Å². The van der Waals surface area contributed by atoms with E-state index in [2.05, 4.69) is 15.6 Å². The molecule has 0 fully saturated rings. The minimum absolute atomic E-state index is 0.0655. The molecule has 28 heavy (non-hydrogen) atoms. The molecule has 0 aliphatic rings. The van der Waals surface area contributed by atoms with Gasteiger partial charge in [-0.1, -0.05) is 0 Å². The average Bonchev–Trinajstić information content (AvgIpc) is 2.65. The van der Waals surface area contributed by atoms with Gasteiger partial charge in [-0.05, 0) is 48.6 Å². The highest BCUT2D eigenvalue weighted by Crippen LogP contribution is 2.27. The average molecular weight is 447 g/mol. The molecule has 5 N–H and O–H groups in total. The van der Waals surface area contributed by atoms with Gasteiger partial charge in [-0.2, -0.15) is 0 Å². The van der Waals surface area contributed by atoms with Crippen molar-refractivity contribution in [2.45, 2.75) is 9.79 Å². The number of nitrogens with two attached hydrogens (primary N) is 1. The SMILES string of the molecule is COc1ccc(S(=O)(=O)NNC(=S)Nc2ccc(S(N)(=O)=O)cc2)c(OC)c1. The summed E-state index contributed by atoms with van der Waals surface area (Å²) in [7, 11) is -5.04. The monoisotopic (exact) mass is 446 g/mol. The number of thiocarbonyl (C=S) groups is 1. The fraction of sp³-hybridized carbons (Fsp3) is 0.133. The molecule has 0 spiro atoms. The third kappa shape index (κ3) is 5.53. The molecule has 152 valence electrons. The summed E-state index contributed by atoms with van der Waals surface area (Å²) >= 11 is 5.02. The fourth-order valence-electron chi connectivity index (χ4n) is 2.06. The Morgan fingerprint density at radius 3 is 2.18 bits per heavy atom. The van der Waals surface area contributed by atoms with E-state index in [-0.39, 0.29) is 20.7 Å². The predicted molar refractivity (Wildman–Crippen MR) is 107 cm³/mol. The van der Waals surface area contributed by atoms with Crippen LogP contribution in [0.3, 0.4) is 0 Å². The van der Waals surface area contributed by atoms with Gasteiger partial charge in [0, 0.05) is 11.8 Å². The van der Waals surface area contributed by atoms with E-state index in [1.807, 2.05) is 0 Å². The van der Waals surface area contributed by atoms with Crippen molar-refractivity contribution in [2.24, 2.45) is 5.14 Å². The minimum Gasteiger partial charge on any atom is -0.497 e. The van der Waals surface area contributed by atoms with Gasteiger partial charge >= 0.3 is 0 Å². The largest absolute Gasteiger partial charge is 0.497 e. The van der Waals surface area contributed by atoms with Crippen LogP contribution in [0.5, 0.6) is 11.5 Å². The zero-order valence-electron chi connectivity index (χ0n) is 14.8. The van der Waals surface area contributed by atoms with Crippen molar-refractivity contribution in [3.8, 4) is 11.5 Å². The molecule has 10 nitrogen and oxygen atoms in total. The first-order chi connectivity index (χ1) is 13.1. The van der Waals surface area contributed by atoms with Gasteiger partial charge in [-0.25, -0.2) is 22.0 Å². The van der Waals surface area contributed by atoms with E-state index in [1.54, 1.807) is 0 Å². The van der Waals surface area contributed by atoms with Crippen LogP contribution in [-0.4, -0.2) is 36.2 Å². The van der Waals surface area contributed by atoms with Crippen LogP contribution < -0.4 is 30.2 Å². The highest BCUT2D eigenvalue weighted by molar-refractivity contribution is 7.89. The molecule has 13 heteroatoms. The van der Waals surface area contributed by atoms with E-state index >= 15 is 0 Å². The number of sulfonamides is 2. The minimum atomic E-state index is -4.01. The summed E-state index contributed by atoms with van der Waals surface area (Å²) in [6.45, 7) is 0. The number of methoxy groups -OCH3 is 2. The zero-order chi connectivity index (χ0) is 20.9. The Morgan fingerprint density at radius 2 is 1.64 bits per heavy atom. The lowest BCUT2D eigenvalue weighted by Crippen LogP contribution is -2.43. The Labute approximate surface area is 168 Å². The molecule has 0 bridgehead atoms. The maximum atomic E-state index is 12.5. The van der Waals surface area contributed by atoms with Gasteiger partial charge < -0.3 is 14.8 Å². The van der Waals surface area contributed by atoms with Gasteiger partial charge in [-0.15, -0.1) is 4.83 Å². The van der Waals surface area contributed by atoms with E-state index in [0.29, 0.717) is 11.4 Å². The summed E-state index contributed by atoms with van der Waals surface area (Å²) in [5, 5.41) is 7.65. The van der Waals surface area contributed by atoms with Gasteiger partial charge in [0.25, 0.3) is 10.0 Å². The molecular formula is C15H18N4O6S3. The number of nitrogens with one attached hydrogen (secondary N) is 3. The lowest BCUT2D eigenvalue weighted by Gasteiger charge is -2.14. The molecule has 0 aliphatic carbocycles. The number of primary sulfonamides is 1. The smallest absolute Gasteiger partial charge is 0.261 e. The van der Waals surface area contributed by atoms with E-state index in [4.69, 9.17) is 26.8 Å². The number of hydrogen-bond acceptors (Lipinski definition) is 7. The van der Waals surface area contributed by atoms with Crippen LogP contribution in [0, 0.1) is 0 Å². The highest BCUT2D eigenvalue weighted by atomic mass is 32.2. The molecule has 0 radical (unpaired) electrons. The topological polar surface area (TPSA) is 149 Å². The van der Waals surface area contributed by atoms with Crippen molar-refractivity contribution in [1.82, 2.24) is 10.3 Å². The van der Waals surface area contributed by atoms with Gasteiger partial charge in [0.15, 0.2) is 5.11 Å². The third-order valence-electron chi connectivity index (χ3n) is 3.40. The van der Waals surface area contributed by atoms with Crippen LogP contribution in [0.15, 0.2) is 52.3 Å². The summed E-state index contributed by atoms with van der Waals surface area (Å²) in [5.41, 5.74) is 2.77. The lowest BCUT2D eigenvalue weighted by atomic mass is 10.3. The second-order valence-corrected chi connectivity index (χ2v) is 8.89. The van der Waals surface area contributed by atoms with Gasteiger partial charge in [0.2, 0.25) is 10.0 Å². The van der Waals surface area contributed by atoms with E-state index < -0.39 is 20.0 Å². The fourth-order valence-corrected chi connectivity index (χ4v) is 3.81. The molecule has 0 heterocycles. The molecular weight excluding hydrogens is 428 g/mol. The Morgan fingerprint density at radius 1 is 1.00 bits per heavy atom. The second kappa shape index (κ2) is 8.70. The molecule has 0 amide bonds. The first-order valence-electron chi connectivity index (χ1n) is 7.50. The first-order valence-corrected chi connectivity index (χ1v) is 10.9. The van der Waals surface area contributed by atoms with Crippen LogP contribution in [0.25, 0.3) is 0 Å². The van der Waals surface area contributed by atoms with Crippen LogP contribution in [0.4, 0.5) is 5.69 Å². The molecule has 2 aromatic rings. The Bertz CT molecular complexity index is 1070. The number of hydrazine groups is 1. The molecule has 0 saturated heterocycles. The second-order valence-electron chi connectivity index (χ2n) is 5.27. The molecule has 0 aliphatic heterocycles. The molecule has 2 rings (SSSR count). The molecule has 0 unspecified atom stereocenters. The Hall–Kier alpha value is -2.45. The van der Waals surface area contributed by atoms with E-state index in [0.717, 1.165) is 0 Å². The van der Waals surface area contributed by atoms with Crippen LogP contribution in [0.1, 0.15) is 0 Å². The predicted octanol–water partition coefficient (Wildman–Crippen LogP) is 0.531. The Kier molecular flexibility index (Phi) is 6.79. The molecule has 0 saturated carbocycles.